The van der Waals surface area contributed by atoms with Gasteiger partial charge in [0.05, 0.1) is 10.6 Å². The third kappa shape index (κ3) is 2.92. The molecule has 0 radical (unpaired) electrons. The lowest BCUT2D eigenvalue weighted by Crippen LogP contribution is -2.48. The molecule has 19 heavy (non-hydrogen) atoms. The van der Waals surface area contributed by atoms with E-state index < -0.39 is 12.0 Å². The number of hydrogen-bond acceptors (Lipinski definition) is 2. The topological polar surface area (TPSA) is 57.6 Å². The quantitative estimate of drug-likeness (QED) is 0.895. The second-order valence-electron chi connectivity index (χ2n) is 4.45. The van der Waals surface area contributed by atoms with Crippen molar-refractivity contribution >= 4 is 39.4 Å². The number of rotatable bonds is 2. The lowest BCUT2D eigenvalue weighted by molar-refractivity contribution is -0.143. The van der Waals surface area contributed by atoms with Crippen molar-refractivity contribution in [1.29, 1.82) is 0 Å². The number of aliphatic carboxylic acids is 1. The highest BCUT2D eigenvalue weighted by atomic mass is 79.9. The normalized spacial score (nSPS) is 19.3. The van der Waals surface area contributed by atoms with Gasteiger partial charge in [0, 0.05) is 11.0 Å². The summed E-state index contributed by atoms with van der Waals surface area (Å²) in [6, 6.07) is 4.31. The summed E-state index contributed by atoms with van der Waals surface area (Å²) in [5.41, 5.74) is 0.337. The molecule has 1 aliphatic heterocycles. The maximum absolute atomic E-state index is 12.4. The molecule has 1 aromatic carbocycles. The van der Waals surface area contributed by atoms with Crippen LogP contribution in [0.4, 0.5) is 0 Å². The number of hydrogen-bond donors (Lipinski definition) is 1. The zero-order chi connectivity index (χ0) is 14.0. The predicted molar refractivity (Wildman–Crippen MR) is 75.5 cm³/mol. The van der Waals surface area contributed by atoms with Gasteiger partial charge in [-0.05, 0) is 47.3 Å². The summed E-state index contributed by atoms with van der Waals surface area (Å²) < 4.78 is 0.629. The fourth-order valence-electron chi connectivity index (χ4n) is 2.26. The van der Waals surface area contributed by atoms with E-state index in [9.17, 15) is 14.7 Å². The van der Waals surface area contributed by atoms with Gasteiger partial charge >= 0.3 is 5.97 Å². The fourth-order valence-corrected chi connectivity index (χ4v) is 2.83. The minimum absolute atomic E-state index is 0.321. The van der Waals surface area contributed by atoms with E-state index in [1.54, 1.807) is 18.2 Å². The van der Waals surface area contributed by atoms with Crippen LogP contribution < -0.4 is 0 Å². The molecule has 1 saturated heterocycles. The summed E-state index contributed by atoms with van der Waals surface area (Å²) in [4.78, 5) is 25.1. The molecule has 6 heteroatoms. The number of carboxylic acid groups (broad SMARTS) is 1. The van der Waals surface area contributed by atoms with Crippen molar-refractivity contribution in [3.8, 4) is 0 Å². The molecule has 1 N–H and O–H groups in total. The Balaban J connectivity index is 2.31. The van der Waals surface area contributed by atoms with E-state index in [1.165, 1.54) is 4.90 Å². The van der Waals surface area contributed by atoms with Crippen molar-refractivity contribution in [3.63, 3.8) is 0 Å². The number of amides is 1. The van der Waals surface area contributed by atoms with Crippen molar-refractivity contribution in [1.82, 2.24) is 4.90 Å². The summed E-state index contributed by atoms with van der Waals surface area (Å²) in [6.07, 6.45) is 2.14. The van der Waals surface area contributed by atoms with Crippen LogP contribution >= 0.6 is 27.5 Å². The number of nitrogens with zero attached hydrogens (tertiary/aromatic N) is 1. The number of halogens is 2. The van der Waals surface area contributed by atoms with Crippen LogP contribution in [0.2, 0.25) is 5.02 Å². The number of likely N-dealkylation sites (tertiary alicyclic amines) is 1. The molecule has 4 nitrogen and oxygen atoms in total. The molecule has 0 unspecified atom stereocenters. The molecule has 2 rings (SSSR count). The average molecular weight is 347 g/mol. The second kappa shape index (κ2) is 5.92. The van der Waals surface area contributed by atoms with Crippen molar-refractivity contribution in [2.45, 2.75) is 25.3 Å². The maximum Gasteiger partial charge on any atom is 0.326 e. The monoisotopic (exact) mass is 345 g/mol. The zero-order valence-corrected chi connectivity index (χ0v) is 12.4. The largest absolute Gasteiger partial charge is 0.480 e. The first kappa shape index (κ1) is 14.3. The molecule has 1 amide bonds. The molecule has 0 aliphatic carbocycles. The standard InChI is InChI=1S/C13H13BrClNO3/c14-9-5-3-4-8(11(9)15)12(17)16-7-2-1-6-10(16)13(18)19/h3-5,10H,1-2,6-7H2,(H,18,19)/t10-/m1/s1. The van der Waals surface area contributed by atoms with E-state index in [2.05, 4.69) is 15.9 Å². The van der Waals surface area contributed by atoms with Crippen LogP contribution in [0.1, 0.15) is 29.6 Å². The molecule has 0 bridgehead atoms. The third-order valence-corrected chi connectivity index (χ3v) is 4.53. The van der Waals surface area contributed by atoms with Crippen LogP contribution in [0, 0.1) is 0 Å². The molecular formula is C13H13BrClNO3. The molecule has 1 heterocycles. The van der Waals surface area contributed by atoms with Crippen molar-refractivity contribution in [2.75, 3.05) is 6.54 Å². The summed E-state index contributed by atoms with van der Waals surface area (Å²) >= 11 is 9.36. The highest BCUT2D eigenvalue weighted by Crippen LogP contribution is 2.29. The van der Waals surface area contributed by atoms with Gasteiger partial charge in [-0.2, -0.15) is 0 Å². The Morgan fingerprint density at radius 2 is 2.11 bits per heavy atom. The Hall–Kier alpha value is -1.07. The number of benzene rings is 1. The Labute approximate surface area is 124 Å². The van der Waals surface area contributed by atoms with Crippen LogP contribution in [-0.4, -0.2) is 34.5 Å². The van der Waals surface area contributed by atoms with Gasteiger partial charge in [-0.15, -0.1) is 0 Å². The molecule has 1 fully saturated rings. The minimum atomic E-state index is -0.959. The van der Waals surface area contributed by atoms with Crippen LogP contribution in [-0.2, 0) is 4.79 Å². The first-order valence-electron chi connectivity index (χ1n) is 6.00. The van der Waals surface area contributed by atoms with E-state index in [1.807, 2.05) is 0 Å². The fraction of sp³-hybridized carbons (Fsp3) is 0.385. The molecule has 1 atom stereocenters. The van der Waals surface area contributed by atoms with Gasteiger partial charge in [-0.1, -0.05) is 17.7 Å². The van der Waals surface area contributed by atoms with Crippen LogP contribution in [0.25, 0.3) is 0 Å². The van der Waals surface area contributed by atoms with Crippen LogP contribution in [0.5, 0.6) is 0 Å². The van der Waals surface area contributed by atoms with Crippen molar-refractivity contribution in [3.05, 3.63) is 33.3 Å². The molecule has 0 spiro atoms. The van der Waals surface area contributed by atoms with E-state index in [4.69, 9.17) is 11.6 Å². The summed E-state index contributed by atoms with van der Waals surface area (Å²) in [5, 5.41) is 9.51. The molecular weight excluding hydrogens is 334 g/mol. The Kier molecular flexibility index (Phi) is 4.47. The highest BCUT2D eigenvalue weighted by Gasteiger charge is 2.33. The van der Waals surface area contributed by atoms with E-state index in [0.717, 1.165) is 12.8 Å². The van der Waals surface area contributed by atoms with Gasteiger partial charge in [0.25, 0.3) is 5.91 Å². The molecule has 102 valence electrons. The summed E-state index contributed by atoms with van der Waals surface area (Å²) in [6.45, 7) is 0.457. The van der Waals surface area contributed by atoms with E-state index in [0.29, 0.717) is 28.0 Å². The zero-order valence-electron chi connectivity index (χ0n) is 10.1. The van der Waals surface area contributed by atoms with Gasteiger partial charge in [0.1, 0.15) is 6.04 Å². The van der Waals surface area contributed by atoms with E-state index in [-0.39, 0.29) is 5.91 Å². The number of carboxylic acids is 1. The van der Waals surface area contributed by atoms with E-state index >= 15 is 0 Å². The molecule has 1 aromatic rings. The van der Waals surface area contributed by atoms with Gasteiger partial charge in [-0.3, -0.25) is 4.79 Å². The first-order chi connectivity index (χ1) is 9.02. The smallest absolute Gasteiger partial charge is 0.326 e. The number of carbonyl (C=O) groups is 2. The Morgan fingerprint density at radius 1 is 1.37 bits per heavy atom. The van der Waals surface area contributed by atoms with Crippen molar-refractivity contribution < 1.29 is 14.7 Å². The Bertz CT molecular complexity index is 521. The highest BCUT2D eigenvalue weighted by molar-refractivity contribution is 9.10. The lowest BCUT2D eigenvalue weighted by Gasteiger charge is -2.33. The molecule has 1 aliphatic rings. The van der Waals surface area contributed by atoms with Gasteiger partial charge in [0.15, 0.2) is 0 Å². The van der Waals surface area contributed by atoms with Crippen LogP contribution in [0.15, 0.2) is 22.7 Å². The Morgan fingerprint density at radius 3 is 2.79 bits per heavy atom. The average Bonchev–Trinajstić information content (AvgIpc) is 2.41. The number of piperidine rings is 1. The second-order valence-corrected chi connectivity index (χ2v) is 5.68. The molecule has 0 aromatic heterocycles. The van der Waals surface area contributed by atoms with Gasteiger partial charge in [0.2, 0.25) is 0 Å². The number of carbonyl (C=O) groups excluding carboxylic acids is 1. The third-order valence-electron chi connectivity index (χ3n) is 3.23. The molecule has 0 saturated carbocycles. The lowest BCUT2D eigenvalue weighted by atomic mass is 10.0. The maximum atomic E-state index is 12.4. The van der Waals surface area contributed by atoms with Crippen LogP contribution in [0.3, 0.4) is 0 Å². The SMILES string of the molecule is O=C(O)[C@H]1CCCCN1C(=O)c1cccc(Br)c1Cl. The predicted octanol–water partition coefficient (Wildman–Crippen LogP) is 3.18. The minimum Gasteiger partial charge on any atom is -0.480 e. The summed E-state index contributed by atoms with van der Waals surface area (Å²) in [5.74, 6) is -1.28. The van der Waals surface area contributed by atoms with Gasteiger partial charge in [-0.25, -0.2) is 4.79 Å². The van der Waals surface area contributed by atoms with Gasteiger partial charge < -0.3 is 10.0 Å². The van der Waals surface area contributed by atoms with Crippen molar-refractivity contribution in [2.24, 2.45) is 0 Å². The first-order valence-corrected chi connectivity index (χ1v) is 7.17. The summed E-state index contributed by atoms with van der Waals surface area (Å²) in [7, 11) is 0.